The van der Waals surface area contributed by atoms with Crippen molar-refractivity contribution in [2.75, 3.05) is 13.6 Å². The molecular formula is C31H39FN4O3. The van der Waals surface area contributed by atoms with Crippen LogP contribution in [0.3, 0.4) is 0 Å². The van der Waals surface area contributed by atoms with Crippen LogP contribution in [-0.4, -0.2) is 41.1 Å². The Morgan fingerprint density at radius 3 is 2.31 bits per heavy atom. The zero-order valence-electron chi connectivity index (χ0n) is 23.5. The number of hydrogen-bond acceptors (Lipinski definition) is 6. The summed E-state index contributed by atoms with van der Waals surface area (Å²) < 4.78 is 13.1. The molecule has 8 heteroatoms. The summed E-state index contributed by atoms with van der Waals surface area (Å²) in [4.78, 5) is 31.1. The second kappa shape index (κ2) is 18.1. The van der Waals surface area contributed by atoms with Gasteiger partial charge >= 0.3 is 0 Å². The smallest absolute Gasteiger partial charge is 0.274 e. The first kappa shape index (κ1) is 32.9. The number of amides is 1. The fourth-order valence-electron chi connectivity index (χ4n) is 2.99. The summed E-state index contributed by atoms with van der Waals surface area (Å²) in [5.74, 6) is -2.26. The lowest BCUT2D eigenvalue weighted by molar-refractivity contribution is -0.119. The maximum absolute atomic E-state index is 13.1. The molecule has 2 aromatic rings. The second-order valence-corrected chi connectivity index (χ2v) is 8.91. The lowest BCUT2D eigenvalue weighted by Crippen LogP contribution is -2.28. The molecule has 1 aromatic carbocycles. The summed E-state index contributed by atoms with van der Waals surface area (Å²) in [6.45, 7) is 8.73. The van der Waals surface area contributed by atoms with Gasteiger partial charge in [-0.2, -0.15) is 0 Å². The van der Waals surface area contributed by atoms with Crippen molar-refractivity contribution >= 4 is 17.4 Å². The summed E-state index contributed by atoms with van der Waals surface area (Å²) in [7, 11) is 1.97. The summed E-state index contributed by atoms with van der Waals surface area (Å²) >= 11 is 0. The van der Waals surface area contributed by atoms with Gasteiger partial charge in [-0.25, -0.2) is 9.38 Å². The molecule has 0 spiro atoms. The Hall–Kier alpha value is -4.17. The van der Waals surface area contributed by atoms with E-state index in [-0.39, 0.29) is 24.5 Å². The molecule has 0 radical (unpaired) electrons. The van der Waals surface area contributed by atoms with E-state index < -0.39 is 17.4 Å². The number of allylic oxidation sites excluding steroid dienone is 5. The van der Waals surface area contributed by atoms with Crippen molar-refractivity contribution in [3.63, 3.8) is 0 Å². The van der Waals surface area contributed by atoms with Crippen LogP contribution in [0.4, 0.5) is 4.39 Å². The van der Waals surface area contributed by atoms with Crippen LogP contribution in [0.5, 0.6) is 0 Å². The van der Waals surface area contributed by atoms with Crippen LogP contribution in [0.15, 0.2) is 107 Å². The third-order valence-electron chi connectivity index (χ3n) is 5.23. The van der Waals surface area contributed by atoms with E-state index in [1.165, 1.54) is 17.2 Å². The van der Waals surface area contributed by atoms with Gasteiger partial charge in [-0.3, -0.25) is 14.6 Å². The summed E-state index contributed by atoms with van der Waals surface area (Å²) in [6.07, 6.45) is 10.1. The van der Waals surface area contributed by atoms with E-state index >= 15 is 0 Å². The van der Waals surface area contributed by atoms with Crippen LogP contribution in [0.2, 0.25) is 0 Å². The predicted molar refractivity (Wildman–Crippen MR) is 156 cm³/mol. The zero-order chi connectivity index (χ0) is 29.2. The fourth-order valence-corrected chi connectivity index (χ4v) is 2.99. The number of nitrogens with one attached hydrogen (secondary N) is 2. The molecule has 208 valence electrons. The Morgan fingerprint density at radius 1 is 1.10 bits per heavy atom. The average Bonchev–Trinajstić information content (AvgIpc) is 3.14. The van der Waals surface area contributed by atoms with E-state index in [0.717, 1.165) is 6.92 Å². The topological polar surface area (TPSA) is 104 Å². The third-order valence-corrected chi connectivity index (χ3v) is 5.23. The Bertz CT molecular complexity index is 1210. The van der Waals surface area contributed by atoms with Gasteiger partial charge in [0.1, 0.15) is 5.83 Å². The van der Waals surface area contributed by atoms with Crippen molar-refractivity contribution in [3.05, 3.63) is 113 Å². The number of carbonyl (C=O) groups is 2. The third kappa shape index (κ3) is 13.8. The van der Waals surface area contributed by atoms with Crippen LogP contribution in [0.25, 0.3) is 0 Å². The minimum Gasteiger partial charge on any atom is -0.503 e. The molecule has 0 saturated heterocycles. The SMILES string of the molecule is CC(=O)/C(O)=C(\N=C(C)C)C(=O)NCC1=CC=C(F)CC=C1.CNC(C)c1ccccc1.Cc1cccnc1. The Kier molecular flexibility index (Phi) is 15.3. The highest BCUT2D eigenvalue weighted by atomic mass is 19.1. The number of rotatable bonds is 7. The quantitative estimate of drug-likeness (QED) is 0.228. The van der Waals surface area contributed by atoms with Crippen molar-refractivity contribution in [3.8, 4) is 0 Å². The van der Waals surface area contributed by atoms with E-state index in [2.05, 4.69) is 51.8 Å². The van der Waals surface area contributed by atoms with Crippen molar-refractivity contribution in [2.24, 2.45) is 4.99 Å². The van der Waals surface area contributed by atoms with Gasteiger partial charge in [-0.15, -0.1) is 0 Å². The van der Waals surface area contributed by atoms with Crippen molar-refractivity contribution in [1.29, 1.82) is 0 Å². The predicted octanol–water partition coefficient (Wildman–Crippen LogP) is 6.04. The first-order valence-electron chi connectivity index (χ1n) is 12.6. The van der Waals surface area contributed by atoms with Gasteiger partial charge in [-0.05, 0) is 63.6 Å². The van der Waals surface area contributed by atoms with Gasteiger partial charge in [0, 0.05) is 44.0 Å². The highest BCUT2D eigenvalue weighted by molar-refractivity contribution is 6.04. The van der Waals surface area contributed by atoms with Crippen LogP contribution in [0.1, 0.15) is 51.3 Å². The number of aryl methyl sites for hydroxylation is 1. The summed E-state index contributed by atoms with van der Waals surface area (Å²) in [6, 6.07) is 14.8. The largest absolute Gasteiger partial charge is 0.503 e. The van der Waals surface area contributed by atoms with Crippen LogP contribution < -0.4 is 10.6 Å². The number of hydrogen-bond donors (Lipinski definition) is 3. The minimum atomic E-state index is -0.685. The van der Waals surface area contributed by atoms with Crippen molar-refractivity contribution in [1.82, 2.24) is 15.6 Å². The molecule has 3 N–H and O–H groups in total. The molecule has 1 aliphatic rings. The molecule has 0 saturated carbocycles. The molecule has 1 aliphatic carbocycles. The van der Waals surface area contributed by atoms with Gasteiger partial charge in [0.25, 0.3) is 5.91 Å². The number of ketones is 1. The zero-order valence-corrected chi connectivity index (χ0v) is 23.5. The normalized spacial score (nSPS) is 13.4. The number of Topliss-reactive ketones (excluding diaryl/α,β-unsaturated/α-hetero) is 1. The molecule has 1 aromatic heterocycles. The molecule has 0 aliphatic heterocycles. The standard InChI is InChI=1S/C16H19FN2O3.C9H13N.C6H7N/c1-10(2)19-14(15(21)11(3)20)16(22)18-9-12-5-4-6-13(17)8-7-12;1-8(10-2)9-6-4-3-5-7-9;1-6-3-2-4-7-5-6/h4-5,7-8,21H,6,9H2,1-3H3,(H,18,22);3-8,10H,1-2H3;2-5H,1H3/b15-14+;;. The molecule has 0 bridgehead atoms. The maximum Gasteiger partial charge on any atom is 0.274 e. The Balaban J connectivity index is 0.000000362. The molecule has 7 nitrogen and oxygen atoms in total. The molecule has 1 heterocycles. The van der Waals surface area contributed by atoms with Gasteiger partial charge in [0.05, 0.1) is 0 Å². The number of aliphatic hydroxyl groups is 1. The highest BCUT2D eigenvalue weighted by Crippen LogP contribution is 2.12. The van der Waals surface area contributed by atoms with E-state index in [9.17, 15) is 19.1 Å². The lowest BCUT2D eigenvalue weighted by Gasteiger charge is -2.08. The Labute approximate surface area is 231 Å². The first-order chi connectivity index (χ1) is 18.5. The number of benzene rings is 1. The number of halogens is 1. The minimum absolute atomic E-state index is 0.131. The number of nitrogens with zero attached hydrogens (tertiary/aromatic N) is 2. The van der Waals surface area contributed by atoms with E-state index in [1.807, 2.05) is 38.4 Å². The van der Waals surface area contributed by atoms with E-state index in [4.69, 9.17) is 0 Å². The molecule has 3 rings (SSSR count). The number of aromatic nitrogens is 1. The van der Waals surface area contributed by atoms with Crippen LogP contribution >= 0.6 is 0 Å². The van der Waals surface area contributed by atoms with E-state index in [0.29, 0.717) is 17.3 Å². The number of carbonyl (C=O) groups excluding carboxylic acids is 2. The number of pyridine rings is 1. The molecular weight excluding hydrogens is 495 g/mol. The molecule has 1 atom stereocenters. The van der Waals surface area contributed by atoms with Crippen LogP contribution in [-0.2, 0) is 9.59 Å². The highest BCUT2D eigenvalue weighted by Gasteiger charge is 2.17. The molecule has 1 unspecified atom stereocenters. The first-order valence-corrected chi connectivity index (χ1v) is 12.6. The van der Waals surface area contributed by atoms with Crippen molar-refractivity contribution in [2.45, 2.75) is 47.1 Å². The van der Waals surface area contributed by atoms with Gasteiger partial charge < -0.3 is 15.7 Å². The fraction of sp³-hybridized carbons (Fsp3) is 0.290. The molecule has 1 amide bonds. The van der Waals surface area contributed by atoms with Crippen LogP contribution in [0, 0.1) is 6.92 Å². The Morgan fingerprint density at radius 2 is 1.79 bits per heavy atom. The monoisotopic (exact) mass is 534 g/mol. The average molecular weight is 535 g/mol. The van der Waals surface area contributed by atoms with Gasteiger partial charge in [0.15, 0.2) is 17.2 Å². The van der Waals surface area contributed by atoms with Gasteiger partial charge in [0.2, 0.25) is 0 Å². The van der Waals surface area contributed by atoms with Gasteiger partial charge in [-0.1, -0.05) is 54.6 Å². The van der Waals surface area contributed by atoms with E-state index in [1.54, 1.807) is 38.3 Å². The maximum atomic E-state index is 13.1. The second-order valence-electron chi connectivity index (χ2n) is 8.91. The molecule has 0 fully saturated rings. The molecule has 39 heavy (non-hydrogen) atoms. The summed E-state index contributed by atoms with van der Waals surface area (Å²) in [5.41, 5.74) is 3.44. The summed E-state index contributed by atoms with van der Waals surface area (Å²) in [5, 5.41) is 15.4. The number of aliphatic hydroxyl groups excluding tert-OH is 1. The lowest BCUT2D eigenvalue weighted by atomic mass is 10.1. The number of aliphatic imine (C=N–C) groups is 1. The van der Waals surface area contributed by atoms with Crippen molar-refractivity contribution < 1.29 is 19.1 Å².